The van der Waals surface area contributed by atoms with E-state index in [0.717, 1.165) is 0 Å². The SMILES string of the molecule is CC(=NC1CC1)/C(C)=C(\C)C(C)C. The zero-order valence-corrected chi connectivity index (χ0v) is 9.52. The third kappa shape index (κ3) is 2.98. The number of aliphatic imine (C=N–C) groups is 1. The summed E-state index contributed by atoms with van der Waals surface area (Å²) in [4.78, 5) is 4.65. The molecule has 13 heavy (non-hydrogen) atoms. The van der Waals surface area contributed by atoms with Gasteiger partial charge in [0.2, 0.25) is 0 Å². The molecule has 0 aliphatic heterocycles. The largest absolute Gasteiger partial charge is 0.286 e. The Morgan fingerprint density at radius 1 is 1.15 bits per heavy atom. The average Bonchev–Trinajstić information content (AvgIpc) is 2.85. The second-order valence-corrected chi connectivity index (χ2v) is 4.41. The molecule has 0 spiro atoms. The molecule has 1 aliphatic carbocycles. The van der Waals surface area contributed by atoms with Crippen LogP contribution in [0.15, 0.2) is 16.1 Å². The van der Waals surface area contributed by atoms with Crippen molar-refractivity contribution in [1.29, 1.82) is 0 Å². The molecule has 0 atom stereocenters. The van der Waals surface area contributed by atoms with Crippen molar-refractivity contribution < 1.29 is 0 Å². The van der Waals surface area contributed by atoms with Gasteiger partial charge in [-0.3, -0.25) is 4.99 Å². The minimum absolute atomic E-state index is 0.643. The Bertz CT molecular complexity index is 242. The normalized spacial score (nSPS) is 20.6. The van der Waals surface area contributed by atoms with Gasteiger partial charge >= 0.3 is 0 Å². The number of rotatable bonds is 3. The zero-order valence-electron chi connectivity index (χ0n) is 9.52. The highest BCUT2D eigenvalue weighted by molar-refractivity contribution is 5.98. The van der Waals surface area contributed by atoms with E-state index in [-0.39, 0.29) is 0 Å². The van der Waals surface area contributed by atoms with Gasteiger partial charge in [-0.15, -0.1) is 0 Å². The van der Waals surface area contributed by atoms with Crippen molar-refractivity contribution >= 4 is 5.71 Å². The lowest BCUT2D eigenvalue weighted by Gasteiger charge is -2.10. The fourth-order valence-corrected chi connectivity index (χ4v) is 1.29. The zero-order chi connectivity index (χ0) is 10.0. The van der Waals surface area contributed by atoms with E-state index >= 15 is 0 Å². The highest BCUT2D eigenvalue weighted by atomic mass is 14.8. The van der Waals surface area contributed by atoms with Crippen LogP contribution in [-0.4, -0.2) is 11.8 Å². The van der Waals surface area contributed by atoms with Crippen LogP contribution in [0.25, 0.3) is 0 Å². The summed E-state index contributed by atoms with van der Waals surface area (Å²) < 4.78 is 0. The van der Waals surface area contributed by atoms with Gasteiger partial charge in [0.05, 0.1) is 6.04 Å². The van der Waals surface area contributed by atoms with Gasteiger partial charge in [0, 0.05) is 5.71 Å². The quantitative estimate of drug-likeness (QED) is 0.587. The van der Waals surface area contributed by atoms with Crippen LogP contribution in [0.3, 0.4) is 0 Å². The molecule has 0 heterocycles. The molecule has 0 amide bonds. The summed E-state index contributed by atoms with van der Waals surface area (Å²) in [7, 11) is 0. The van der Waals surface area contributed by atoms with E-state index in [0.29, 0.717) is 12.0 Å². The van der Waals surface area contributed by atoms with Gasteiger partial charge in [-0.05, 0) is 45.1 Å². The molecule has 0 radical (unpaired) electrons. The molecule has 74 valence electrons. The number of allylic oxidation sites excluding steroid dienone is 2. The first-order valence-electron chi connectivity index (χ1n) is 5.24. The molecule has 1 saturated carbocycles. The van der Waals surface area contributed by atoms with Crippen molar-refractivity contribution in [1.82, 2.24) is 0 Å². The van der Waals surface area contributed by atoms with Crippen molar-refractivity contribution in [2.75, 3.05) is 0 Å². The first-order valence-corrected chi connectivity index (χ1v) is 5.24. The van der Waals surface area contributed by atoms with Crippen molar-refractivity contribution in [2.24, 2.45) is 10.9 Å². The molecule has 0 aromatic rings. The summed E-state index contributed by atoms with van der Waals surface area (Å²) in [6.07, 6.45) is 2.59. The van der Waals surface area contributed by atoms with E-state index in [1.54, 1.807) is 0 Å². The lowest BCUT2D eigenvalue weighted by atomic mass is 9.97. The van der Waals surface area contributed by atoms with Crippen LogP contribution in [0.1, 0.15) is 47.5 Å². The third-order valence-electron chi connectivity index (χ3n) is 2.92. The number of nitrogens with zero attached hydrogens (tertiary/aromatic N) is 1. The summed E-state index contributed by atoms with van der Waals surface area (Å²) >= 11 is 0. The van der Waals surface area contributed by atoms with Crippen LogP contribution in [0.4, 0.5) is 0 Å². The molecule has 1 nitrogen and oxygen atoms in total. The van der Waals surface area contributed by atoms with E-state index in [4.69, 9.17) is 0 Å². The maximum atomic E-state index is 4.65. The summed E-state index contributed by atoms with van der Waals surface area (Å²) in [6.45, 7) is 11.0. The van der Waals surface area contributed by atoms with Crippen molar-refractivity contribution in [2.45, 2.75) is 53.5 Å². The van der Waals surface area contributed by atoms with Crippen molar-refractivity contribution in [3.05, 3.63) is 11.1 Å². The fraction of sp³-hybridized carbons (Fsp3) is 0.750. The Morgan fingerprint density at radius 3 is 2.08 bits per heavy atom. The average molecular weight is 179 g/mol. The van der Waals surface area contributed by atoms with Crippen LogP contribution < -0.4 is 0 Å². The lowest BCUT2D eigenvalue weighted by Crippen LogP contribution is -2.02. The van der Waals surface area contributed by atoms with Crippen molar-refractivity contribution in [3.8, 4) is 0 Å². The van der Waals surface area contributed by atoms with E-state index < -0.39 is 0 Å². The molecular weight excluding hydrogens is 158 g/mol. The molecule has 1 rings (SSSR count). The molecular formula is C12H21N. The van der Waals surface area contributed by atoms with Crippen LogP contribution >= 0.6 is 0 Å². The van der Waals surface area contributed by atoms with Gasteiger partial charge in [-0.1, -0.05) is 19.4 Å². The monoisotopic (exact) mass is 179 g/mol. The molecule has 0 unspecified atom stereocenters. The Kier molecular flexibility index (Phi) is 3.29. The minimum atomic E-state index is 0.643. The summed E-state index contributed by atoms with van der Waals surface area (Å²) in [5, 5.41) is 0. The fourth-order valence-electron chi connectivity index (χ4n) is 1.29. The van der Waals surface area contributed by atoms with Crippen LogP contribution in [0.2, 0.25) is 0 Å². The highest BCUT2D eigenvalue weighted by Crippen LogP contribution is 2.25. The molecule has 1 aliphatic rings. The maximum absolute atomic E-state index is 4.65. The van der Waals surface area contributed by atoms with Gasteiger partial charge in [-0.2, -0.15) is 0 Å². The standard InChI is InChI=1S/C12H21N/c1-8(2)9(3)10(4)11(5)13-12-6-7-12/h8,12H,6-7H2,1-5H3/b10-9+,13-11?. The molecule has 0 N–H and O–H groups in total. The van der Waals surface area contributed by atoms with Crippen LogP contribution in [-0.2, 0) is 0 Å². The van der Waals surface area contributed by atoms with E-state index in [9.17, 15) is 0 Å². The molecule has 1 fully saturated rings. The number of hydrogen-bond donors (Lipinski definition) is 0. The Balaban J connectivity index is 2.74. The lowest BCUT2D eigenvalue weighted by molar-refractivity contribution is 0.762. The highest BCUT2D eigenvalue weighted by Gasteiger charge is 2.20. The van der Waals surface area contributed by atoms with E-state index in [1.807, 2.05) is 0 Å². The Hall–Kier alpha value is -0.590. The minimum Gasteiger partial charge on any atom is -0.286 e. The van der Waals surface area contributed by atoms with Gasteiger partial charge in [0.1, 0.15) is 0 Å². The molecule has 0 aromatic carbocycles. The first-order chi connectivity index (χ1) is 6.02. The Morgan fingerprint density at radius 2 is 1.69 bits per heavy atom. The van der Waals surface area contributed by atoms with Crippen molar-refractivity contribution in [3.63, 3.8) is 0 Å². The predicted octanol–water partition coefficient (Wildman–Crippen LogP) is 3.60. The van der Waals surface area contributed by atoms with Crippen LogP contribution in [0.5, 0.6) is 0 Å². The van der Waals surface area contributed by atoms with E-state index in [2.05, 4.69) is 39.6 Å². The first kappa shape index (κ1) is 10.5. The van der Waals surface area contributed by atoms with Gasteiger partial charge in [0.25, 0.3) is 0 Å². The second-order valence-electron chi connectivity index (χ2n) is 4.41. The number of hydrogen-bond acceptors (Lipinski definition) is 1. The third-order valence-corrected chi connectivity index (χ3v) is 2.92. The second kappa shape index (κ2) is 4.08. The molecule has 1 heteroatoms. The van der Waals surface area contributed by atoms with Gasteiger partial charge in [0.15, 0.2) is 0 Å². The predicted molar refractivity (Wildman–Crippen MR) is 59.3 cm³/mol. The smallest absolute Gasteiger partial charge is 0.0504 e. The summed E-state index contributed by atoms with van der Waals surface area (Å²) in [5.41, 5.74) is 4.11. The van der Waals surface area contributed by atoms with Gasteiger partial charge in [-0.25, -0.2) is 0 Å². The summed E-state index contributed by atoms with van der Waals surface area (Å²) in [6, 6.07) is 0.648. The Labute approximate surface area is 82.0 Å². The summed E-state index contributed by atoms with van der Waals surface area (Å²) in [5.74, 6) is 0.643. The molecule has 0 aromatic heterocycles. The van der Waals surface area contributed by atoms with Crippen LogP contribution in [0, 0.1) is 5.92 Å². The van der Waals surface area contributed by atoms with Gasteiger partial charge < -0.3 is 0 Å². The molecule has 0 bridgehead atoms. The maximum Gasteiger partial charge on any atom is 0.0504 e. The topological polar surface area (TPSA) is 12.4 Å². The molecule has 0 saturated heterocycles. The van der Waals surface area contributed by atoms with E-state index in [1.165, 1.54) is 29.7 Å².